The molecule has 7 nitrogen and oxygen atoms in total. The minimum absolute atomic E-state index is 0.214. The predicted molar refractivity (Wildman–Crippen MR) is 212 cm³/mol. The van der Waals surface area contributed by atoms with Crippen LogP contribution in [-0.4, -0.2) is 86.5 Å². The van der Waals surface area contributed by atoms with E-state index in [9.17, 15) is 0 Å². The van der Waals surface area contributed by atoms with Crippen LogP contribution in [0, 0.1) is 5.41 Å². The van der Waals surface area contributed by atoms with E-state index in [1.165, 1.54) is 44.3 Å². The third-order valence-electron chi connectivity index (χ3n) is 10.5. The molecular weight excluding hydrogens is 633 g/mol. The number of nitrogens with zero attached hydrogens (tertiary/aromatic N) is 4. The summed E-state index contributed by atoms with van der Waals surface area (Å²) >= 11 is 0. The normalized spacial score (nSPS) is 21.3. The van der Waals surface area contributed by atoms with Crippen LogP contribution >= 0.6 is 0 Å². The SMILES string of the molecule is C=NC1=C(N(CCCC)Cc2ccc(OCCC3CCCN3C)cc2OCCC2CCCN2C)C=CC(Oc2ccc(CC(C)(C)C)cc2)C=C1. The van der Waals surface area contributed by atoms with Crippen LogP contribution in [0.2, 0.25) is 0 Å². The van der Waals surface area contributed by atoms with Crippen LogP contribution in [0.1, 0.15) is 90.2 Å². The molecule has 0 aromatic heterocycles. The maximum absolute atomic E-state index is 6.63. The highest BCUT2D eigenvalue weighted by Crippen LogP contribution is 2.31. The summed E-state index contributed by atoms with van der Waals surface area (Å²) in [4.78, 5) is 11.8. The molecule has 0 radical (unpaired) electrons. The van der Waals surface area contributed by atoms with Gasteiger partial charge in [0, 0.05) is 36.8 Å². The number of rotatable bonds is 18. The van der Waals surface area contributed by atoms with E-state index in [-0.39, 0.29) is 11.5 Å². The molecule has 0 spiro atoms. The Morgan fingerprint density at radius 3 is 2.12 bits per heavy atom. The molecule has 5 rings (SSSR count). The zero-order valence-electron chi connectivity index (χ0n) is 32.4. The van der Waals surface area contributed by atoms with E-state index in [1.54, 1.807) is 0 Å². The van der Waals surface area contributed by atoms with E-state index in [2.05, 4.69) is 129 Å². The van der Waals surface area contributed by atoms with E-state index in [4.69, 9.17) is 14.2 Å². The monoisotopic (exact) mass is 696 g/mol. The Morgan fingerprint density at radius 1 is 0.863 bits per heavy atom. The van der Waals surface area contributed by atoms with Gasteiger partial charge in [-0.3, -0.25) is 4.99 Å². The van der Waals surface area contributed by atoms with Gasteiger partial charge in [-0.15, -0.1) is 0 Å². The van der Waals surface area contributed by atoms with Crippen LogP contribution in [0.4, 0.5) is 0 Å². The number of allylic oxidation sites excluding steroid dienone is 2. The first-order chi connectivity index (χ1) is 24.6. The first-order valence-electron chi connectivity index (χ1n) is 19.5. The van der Waals surface area contributed by atoms with Crippen LogP contribution in [-0.2, 0) is 13.0 Å². The molecule has 2 aromatic carbocycles. The molecule has 3 aliphatic rings. The lowest BCUT2D eigenvalue weighted by Crippen LogP contribution is -2.27. The lowest BCUT2D eigenvalue weighted by atomic mass is 9.88. The van der Waals surface area contributed by atoms with Gasteiger partial charge in [0.05, 0.1) is 24.6 Å². The molecule has 2 aliphatic heterocycles. The molecule has 0 N–H and O–H groups in total. The summed E-state index contributed by atoms with van der Waals surface area (Å²) < 4.78 is 19.4. The van der Waals surface area contributed by atoms with Crippen molar-refractivity contribution in [3.05, 3.63) is 89.3 Å². The maximum Gasteiger partial charge on any atom is 0.136 e. The molecule has 0 bridgehead atoms. The van der Waals surface area contributed by atoms with Crippen molar-refractivity contribution in [1.29, 1.82) is 0 Å². The van der Waals surface area contributed by atoms with Gasteiger partial charge in [-0.25, -0.2) is 0 Å². The van der Waals surface area contributed by atoms with Crippen molar-refractivity contribution in [3.8, 4) is 17.2 Å². The summed E-state index contributed by atoms with van der Waals surface area (Å²) in [6.45, 7) is 18.4. The molecular formula is C44H64N4O3. The van der Waals surface area contributed by atoms with E-state index >= 15 is 0 Å². The lowest BCUT2D eigenvalue weighted by Gasteiger charge is -2.28. The summed E-state index contributed by atoms with van der Waals surface area (Å²) in [5, 5.41) is 0. The molecule has 51 heavy (non-hydrogen) atoms. The predicted octanol–water partition coefficient (Wildman–Crippen LogP) is 9.09. The smallest absolute Gasteiger partial charge is 0.136 e. The number of hydrogen-bond acceptors (Lipinski definition) is 7. The van der Waals surface area contributed by atoms with E-state index < -0.39 is 0 Å². The number of unbranched alkanes of at least 4 members (excludes halogenated alkanes) is 1. The number of likely N-dealkylation sites (tertiary alicyclic amines) is 2. The van der Waals surface area contributed by atoms with Crippen molar-refractivity contribution in [2.45, 2.75) is 110 Å². The molecule has 0 saturated carbocycles. The minimum atomic E-state index is -0.214. The van der Waals surface area contributed by atoms with Gasteiger partial charge in [-0.2, -0.15) is 0 Å². The summed E-state index contributed by atoms with van der Waals surface area (Å²) in [7, 11) is 4.46. The molecule has 3 unspecified atom stereocenters. The van der Waals surface area contributed by atoms with Crippen LogP contribution < -0.4 is 14.2 Å². The summed E-state index contributed by atoms with van der Waals surface area (Å²) in [5.41, 5.74) is 4.60. The van der Waals surface area contributed by atoms with Gasteiger partial charge in [0.1, 0.15) is 23.4 Å². The molecule has 1 aliphatic carbocycles. The van der Waals surface area contributed by atoms with Crippen LogP contribution in [0.15, 0.2) is 83.2 Å². The van der Waals surface area contributed by atoms with Gasteiger partial charge < -0.3 is 28.9 Å². The van der Waals surface area contributed by atoms with E-state index in [1.807, 2.05) is 6.08 Å². The number of ether oxygens (including phenoxy) is 3. The zero-order chi connectivity index (χ0) is 36.2. The highest BCUT2D eigenvalue weighted by Gasteiger charge is 2.23. The average Bonchev–Trinajstić information content (AvgIpc) is 3.65. The highest BCUT2D eigenvalue weighted by atomic mass is 16.5. The fourth-order valence-corrected chi connectivity index (χ4v) is 7.58. The van der Waals surface area contributed by atoms with Crippen LogP contribution in [0.25, 0.3) is 0 Å². The van der Waals surface area contributed by atoms with Gasteiger partial charge in [0.25, 0.3) is 0 Å². The largest absolute Gasteiger partial charge is 0.493 e. The van der Waals surface area contributed by atoms with Crippen molar-refractivity contribution >= 4 is 6.72 Å². The number of aliphatic imine (C=N–C) groups is 1. The maximum atomic E-state index is 6.63. The Labute approximate surface area is 309 Å². The second kappa shape index (κ2) is 18.8. The Bertz CT molecular complexity index is 1490. The second-order valence-electron chi connectivity index (χ2n) is 16.0. The van der Waals surface area contributed by atoms with E-state index in [0.717, 1.165) is 72.9 Å². The standard InChI is InChI=1S/C44H64N4O3/c1-8-9-28-48(42-23-21-39(20-22-41(42)45-5)51-38-17-14-34(15-18-38)32-44(2,3)4)33-35-16-19-40(49-29-24-36-12-10-26-46(36)6)31-43(35)50-30-25-37-13-11-27-47(37)7/h14-23,31,36-37,39H,5,8-13,24-30,32-33H2,1-4,6-7H3. The molecule has 3 atom stereocenters. The third kappa shape index (κ3) is 11.7. The second-order valence-corrected chi connectivity index (χ2v) is 16.0. The molecule has 2 heterocycles. The molecule has 2 fully saturated rings. The highest BCUT2D eigenvalue weighted by molar-refractivity contribution is 5.44. The Balaban J connectivity index is 1.31. The van der Waals surface area contributed by atoms with Gasteiger partial charge in [0.15, 0.2) is 0 Å². The van der Waals surface area contributed by atoms with Gasteiger partial charge in [-0.1, -0.05) is 46.2 Å². The number of benzene rings is 2. The molecule has 0 amide bonds. The summed E-state index contributed by atoms with van der Waals surface area (Å²) in [6.07, 6.45) is 18.5. The van der Waals surface area contributed by atoms with Crippen molar-refractivity contribution in [3.63, 3.8) is 0 Å². The Kier molecular flexibility index (Phi) is 14.3. The van der Waals surface area contributed by atoms with Gasteiger partial charge >= 0.3 is 0 Å². The lowest BCUT2D eigenvalue weighted by molar-refractivity contribution is 0.224. The molecule has 7 heteroatoms. The van der Waals surface area contributed by atoms with Gasteiger partial charge in [-0.05, 0) is 145 Å². The van der Waals surface area contributed by atoms with Crippen LogP contribution in [0.5, 0.6) is 17.2 Å². The first-order valence-corrected chi connectivity index (χ1v) is 19.5. The Hall–Kier alpha value is -3.55. The van der Waals surface area contributed by atoms with Crippen molar-refractivity contribution in [2.24, 2.45) is 10.4 Å². The van der Waals surface area contributed by atoms with Crippen molar-refractivity contribution < 1.29 is 14.2 Å². The topological polar surface area (TPSA) is 49.8 Å². The number of hydrogen-bond donors (Lipinski definition) is 0. The first kappa shape index (κ1) is 38.7. The third-order valence-corrected chi connectivity index (χ3v) is 10.5. The molecule has 2 saturated heterocycles. The minimum Gasteiger partial charge on any atom is -0.493 e. The fourth-order valence-electron chi connectivity index (χ4n) is 7.58. The Morgan fingerprint density at radius 2 is 1.51 bits per heavy atom. The molecule has 278 valence electrons. The zero-order valence-corrected chi connectivity index (χ0v) is 32.4. The fraction of sp³-hybridized carbons (Fsp3) is 0.568. The molecule has 2 aromatic rings. The van der Waals surface area contributed by atoms with Gasteiger partial charge in [0.2, 0.25) is 0 Å². The quantitative estimate of drug-likeness (QED) is 0.145. The van der Waals surface area contributed by atoms with Crippen LogP contribution in [0.3, 0.4) is 0 Å². The van der Waals surface area contributed by atoms with E-state index in [0.29, 0.717) is 31.8 Å². The summed E-state index contributed by atoms with van der Waals surface area (Å²) in [6, 6.07) is 16.1. The van der Waals surface area contributed by atoms with Crippen molar-refractivity contribution in [1.82, 2.24) is 14.7 Å². The summed E-state index contributed by atoms with van der Waals surface area (Å²) in [5.74, 6) is 2.64. The van der Waals surface area contributed by atoms with Crippen molar-refractivity contribution in [2.75, 3.05) is 46.9 Å². The average molecular weight is 697 g/mol.